The summed E-state index contributed by atoms with van der Waals surface area (Å²) < 4.78 is 0. The molecule has 0 aliphatic heterocycles. The van der Waals surface area contributed by atoms with Gasteiger partial charge in [-0.3, -0.25) is 4.79 Å². The average Bonchev–Trinajstić information content (AvgIpc) is 2.53. The summed E-state index contributed by atoms with van der Waals surface area (Å²) in [6, 6.07) is 11.7. The van der Waals surface area contributed by atoms with Gasteiger partial charge < -0.3 is 10.0 Å². The lowest BCUT2D eigenvalue weighted by Gasteiger charge is -2.23. The summed E-state index contributed by atoms with van der Waals surface area (Å²) in [4.78, 5) is 14.7. The highest BCUT2D eigenvalue weighted by Crippen LogP contribution is 2.29. The van der Waals surface area contributed by atoms with Crippen molar-refractivity contribution in [1.29, 1.82) is 0 Å². The molecule has 0 fully saturated rings. The van der Waals surface area contributed by atoms with Gasteiger partial charge in [-0.2, -0.15) is 0 Å². The molecular formula is C18H23NO2. The molecule has 0 unspecified atom stereocenters. The zero-order valence-electron chi connectivity index (χ0n) is 13.0. The number of fused-ring (bicyclic) bond motifs is 1. The highest BCUT2D eigenvalue weighted by molar-refractivity contribution is 6.08. The minimum atomic E-state index is -0.607. The summed E-state index contributed by atoms with van der Waals surface area (Å²) in [5, 5.41) is 12.2. The topological polar surface area (TPSA) is 40.5 Å². The third-order valence-electron chi connectivity index (χ3n) is 3.97. The van der Waals surface area contributed by atoms with Crippen molar-refractivity contribution in [2.24, 2.45) is 0 Å². The number of aliphatic hydroxyl groups excluding tert-OH is 1. The van der Waals surface area contributed by atoms with Gasteiger partial charge in [-0.15, -0.1) is 0 Å². The minimum Gasteiger partial charge on any atom is -0.388 e. The Balaban J connectivity index is 2.69. The van der Waals surface area contributed by atoms with Crippen LogP contribution in [0.15, 0.2) is 36.4 Å². The SMILES string of the molecule is CC[C@@H](O)c1ccc2ccccc2c1C(=O)N(CC)CC. The van der Waals surface area contributed by atoms with Gasteiger partial charge in [-0.05, 0) is 36.6 Å². The maximum absolute atomic E-state index is 12.9. The van der Waals surface area contributed by atoms with Gasteiger partial charge in [0.2, 0.25) is 0 Å². The monoisotopic (exact) mass is 285 g/mol. The summed E-state index contributed by atoms with van der Waals surface area (Å²) >= 11 is 0. The van der Waals surface area contributed by atoms with Crippen molar-refractivity contribution < 1.29 is 9.90 Å². The number of carbonyl (C=O) groups is 1. The molecule has 0 saturated carbocycles. The molecule has 112 valence electrons. The first-order valence-corrected chi connectivity index (χ1v) is 7.62. The minimum absolute atomic E-state index is 0.000648. The van der Waals surface area contributed by atoms with E-state index >= 15 is 0 Å². The second kappa shape index (κ2) is 6.72. The largest absolute Gasteiger partial charge is 0.388 e. The van der Waals surface area contributed by atoms with E-state index in [-0.39, 0.29) is 5.91 Å². The maximum Gasteiger partial charge on any atom is 0.254 e. The summed E-state index contributed by atoms with van der Waals surface area (Å²) in [5.41, 5.74) is 1.37. The number of amides is 1. The highest BCUT2D eigenvalue weighted by atomic mass is 16.3. The van der Waals surface area contributed by atoms with Gasteiger partial charge in [0.25, 0.3) is 5.91 Å². The average molecular weight is 285 g/mol. The van der Waals surface area contributed by atoms with E-state index in [2.05, 4.69) is 0 Å². The van der Waals surface area contributed by atoms with Crippen LogP contribution >= 0.6 is 0 Å². The molecule has 0 saturated heterocycles. The molecule has 3 heteroatoms. The smallest absolute Gasteiger partial charge is 0.254 e. The van der Waals surface area contributed by atoms with Crippen molar-refractivity contribution in [3.63, 3.8) is 0 Å². The summed E-state index contributed by atoms with van der Waals surface area (Å²) in [7, 11) is 0. The Bertz CT molecular complexity index is 632. The predicted octanol–water partition coefficient (Wildman–Crippen LogP) is 3.77. The van der Waals surface area contributed by atoms with Crippen LogP contribution in [0.25, 0.3) is 10.8 Å². The molecule has 1 atom stereocenters. The van der Waals surface area contributed by atoms with Gasteiger partial charge in [0.05, 0.1) is 11.7 Å². The first-order chi connectivity index (χ1) is 10.1. The molecule has 0 spiro atoms. The van der Waals surface area contributed by atoms with Gasteiger partial charge in [0.1, 0.15) is 0 Å². The van der Waals surface area contributed by atoms with Crippen molar-refractivity contribution in [3.8, 4) is 0 Å². The van der Waals surface area contributed by atoms with E-state index < -0.39 is 6.10 Å². The molecule has 0 aliphatic carbocycles. The van der Waals surface area contributed by atoms with Crippen LogP contribution < -0.4 is 0 Å². The van der Waals surface area contributed by atoms with Crippen LogP contribution in [0.2, 0.25) is 0 Å². The van der Waals surface area contributed by atoms with E-state index in [0.717, 1.165) is 16.3 Å². The molecule has 0 heterocycles. The molecule has 0 aliphatic rings. The molecule has 0 aromatic heterocycles. The Kier molecular flexibility index (Phi) is 4.97. The first-order valence-electron chi connectivity index (χ1n) is 7.62. The van der Waals surface area contributed by atoms with Gasteiger partial charge >= 0.3 is 0 Å². The first kappa shape index (κ1) is 15.5. The van der Waals surface area contributed by atoms with Crippen LogP contribution in [0.3, 0.4) is 0 Å². The van der Waals surface area contributed by atoms with Crippen molar-refractivity contribution >= 4 is 16.7 Å². The molecule has 21 heavy (non-hydrogen) atoms. The van der Waals surface area contributed by atoms with Gasteiger partial charge in [0, 0.05) is 13.1 Å². The van der Waals surface area contributed by atoms with Gasteiger partial charge in [-0.1, -0.05) is 43.3 Å². The zero-order valence-corrected chi connectivity index (χ0v) is 13.0. The predicted molar refractivity (Wildman–Crippen MR) is 86.5 cm³/mol. The van der Waals surface area contributed by atoms with E-state index in [1.165, 1.54) is 0 Å². The number of aliphatic hydroxyl groups is 1. The Morgan fingerprint density at radius 3 is 2.38 bits per heavy atom. The highest BCUT2D eigenvalue weighted by Gasteiger charge is 2.22. The number of nitrogens with zero attached hydrogens (tertiary/aromatic N) is 1. The van der Waals surface area contributed by atoms with Crippen molar-refractivity contribution in [1.82, 2.24) is 4.90 Å². The third kappa shape index (κ3) is 2.93. The number of hydrogen-bond acceptors (Lipinski definition) is 2. The van der Waals surface area contributed by atoms with E-state index in [9.17, 15) is 9.90 Å². The lowest BCUT2D eigenvalue weighted by Crippen LogP contribution is -2.31. The molecule has 0 bridgehead atoms. The van der Waals surface area contributed by atoms with E-state index in [1.807, 2.05) is 57.2 Å². The van der Waals surface area contributed by atoms with Crippen molar-refractivity contribution in [2.75, 3.05) is 13.1 Å². The van der Waals surface area contributed by atoms with Crippen molar-refractivity contribution in [3.05, 3.63) is 47.5 Å². The second-order valence-electron chi connectivity index (χ2n) is 5.15. The van der Waals surface area contributed by atoms with Crippen LogP contribution in [0.5, 0.6) is 0 Å². The summed E-state index contributed by atoms with van der Waals surface area (Å²) in [5.74, 6) is -0.000648. The number of rotatable bonds is 5. The van der Waals surface area contributed by atoms with E-state index in [1.54, 1.807) is 4.90 Å². The third-order valence-corrected chi connectivity index (χ3v) is 3.97. The number of benzene rings is 2. The van der Waals surface area contributed by atoms with Crippen LogP contribution in [0.4, 0.5) is 0 Å². The van der Waals surface area contributed by atoms with Crippen LogP contribution in [0.1, 0.15) is 49.2 Å². The van der Waals surface area contributed by atoms with E-state index in [0.29, 0.717) is 25.1 Å². The zero-order chi connectivity index (χ0) is 15.4. The molecule has 0 radical (unpaired) electrons. The molecule has 1 N–H and O–H groups in total. The molecule has 2 rings (SSSR count). The van der Waals surface area contributed by atoms with Crippen LogP contribution in [-0.4, -0.2) is 29.0 Å². The number of hydrogen-bond donors (Lipinski definition) is 1. The molecule has 2 aromatic rings. The number of carbonyl (C=O) groups excluding carboxylic acids is 1. The van der Waals surface area contributed by atoms with Crippen molar-refractivity contribution in [2.45, 2.75) is 33.3 Å². The standard InChI is InChI=1S/C18H23NO2/c1-4-16(20)15-12-11-13-9-7-8-10-14(13)17(15)18(21)19(5-2)6-3/h7-12,16,20H,4-6H2,1-3H3/t16-/m1/s1. The second-order valence-corrected chi connectivity index (χ2v) is 5.15. The molecule has 1 amide bonds. The lowest BCUT2D eigenvalue weighted by molar-refractivity contribution is 0.0767. The fourth-order valence-corrected chi connectivity index (χ4v) is 2.69. The Morgan fingerprint density at radius 1 is 1.10 bits per heavy atom. The van der Waals surface area contributed by atoms with Gasteiger partial charge in [0.15, 0.2) is 0 Å². The molecule has 2 aromatic carbocycles. The quantitative estimate of drug-likeness (QED) is 0.908. The summed E-state index contributed by atoms with van der Waals surface area (Å²) in [6.07, 6.45) is -0.0132. The van der Waals surface area contributed by atoms with E-state index in [4.69, 9.17) is 0 Å². The maximum atomic E-state index is 12.9. The van der Waals surface area contributed by atoms with Gasteiger partial charge in [-0.25, -0.2) is 0 Å². The molecular weight excluding hydrogens is 262 g/mol. The Hall–Kier alpha value is -1.87. The molecule has 3 nitrogen and oxygen atoms in total. The van der Waals surface area contributed by atoms with Crippen LogP contribution in [-0.2, 0) is 0 Å². The summed E-state index contributed by atoms with van der Waals surface area (Å²) in [6.45, 7) is 7.21. The fourth-order valence-electron chi connectivity index (χ4n) is 2.69. The Morgan fingerprint density at radius 2 is 1.76 bits per heavy atom. The fraction of sp³-hybridized carbons (Fsp3) is 0.389. The Labute approximate surface area is 126 Å². The normalized spacial score (nSPS) is 12.4. The lowest BCUT2D eigenvalue weighted by atomic mass is 9.93. The van der Waals surface area contributed by atoms with Crippen LogP contribution in [0, 0.1) is 0 Å².